The number of anilines is 1. The number of esters is 1. The average molecular weight is 435 g/mol. The predicted octanol–water partition coefficient (Wildman–Crippen LogP) is 4.88. The highest BCUT2D eigenvalue weighted by Crippen LogP contribution is 2.53. The van der Waals surface area contributed by atoms with Gasteiger partial charge in [0.05, 0.1) is 23.1 Å². The highest BCUT2D eigenvalue weighted by atomic mass is 16.5. The second kappa shape index (κ2) is 7.55. The van der Waals surface area contributed by atoms with Gasteiger partial charge in [-0.2, -0.15) is 0 Å². The number of fused-ring (bicyclic) bond motifs is 5. The third-order valence-corrected chi connectivity index (χ3v) is 6.98. The molecule has 0 N–H and O–H groups in total. The van der Waals surface area contributed by atoms with Crippen LogP contribution in [-0.2, 0) is 9.59 Å². The molecule has 5 heteroatoms. The second-order valence-electron chi connectivity index (χ2n) is 8.81. The molecular formula is C28H21NO4. The SMILES string of the molecule is O=C(Oc1ccccc1-c1ccccc1)c1cccc(N2C(=O)[C@@H]3[C@@H](C2=O)[C@H]2C=C[C@H]3C2)c1. The highest BCUT2D eigenvalue weighted by Gasteiger charge is 2.59. The minimum Gasteiger partial charge on any atom is -0.422 e. The number of hydrogen-bond donors (Lipinski definition) is 0. The Hall–Kier alpha value is -3.99. The number of nitrogens with zero attached hydrogens (tertiary/aromatic N) is 1. The molecule has 0 unspecified atom stereocenters. The molecule has 33 heavy (non-hydrogen) atoms. The first-order valence-corrected chi connectivity index (χ1v) is 11.1. The Morgan fingerprint density at radius 2 is 1.45 bits per heavy atom. The number of amides is 2. The van der Waals surface area contributed by atoms with Gasteiger partial charge in [0.25, 0.3) is 0 Å². The predicted molar refractivity (Wildman–Crippen MR) is 123 cm³/mol. The van der Waals surface area contributed by atoms with Gasteiger partial charge in [0.15, 0.2) is 0 Å². The van der Waals surface area contributed by atoms with Crippen LogP contribution in [0.5, 0.6) is 5.75 Å². The molecule has 2 amide bonds. The zero-order chi connectivity index (χ0) is 22.5. The standard InChI is InChI=1S/C28H21NO4/c30-26-24-18-13-14-19(15-18)25(24)27(31)29(26)21-10-6-9-20(16-21)28(32)33-23-12-5-4-11-22(23)17-7-2-1-3-8-17/h1-14,16,18-19,24-25H,15H2/t18-,19-,24-,25-/m0/s1. The average Bonchev–Trinajstić information content (AvgIpc) is 3.53. The maximum atomic E-state index is 13.1. The van der Waals surface area contributed by atoms with Crippen LogP contribution >= 0.6 is 0 Å². The normalized spacial score (nSPS) is 24.9. The van der Waals surface area contributed by atoms with Crippen molar-refractivity contribution in [3.05, 3.63) is 96.6 Å². The molecule has 1 aliphatic heterocycles. The molecule has 1 saturated carbocycles. The van der Waals surface area contributed by atoms with Crippen LogP contribution < -0.4 is 9.64 Å². The minimum absolute atomic E-state index is 0.143. The summed E-state index contributed by atoms with van der Waals surface area (Å²) in [7, 11) is 0. The fourth-order valence-electron chi connectivity index (χ4n) is 5.50. The molecule has 3 aromatic rings. The van der Waals surface area contributed by atoms with Crippen molar-refractivity contribution in [3.63, 3.8) is 0 Å². The zero-order valence-electron chi connectivity index (χ0n) is 17.8. The van der Waals surface area contributed by atoms with E-state index in [1.165, 1.54) is 4.90 Å². The van der Waals surface area contributed by atoms with Crippen LogP contribution in [0, 0.1) is 23.7 Å². The molecule has 1 saturated heterocycles. The van der Waals surface area contributed by atoms with Gasteiger partial charge >= 0.3 is 5.97 Å². The van der Waals surface area contributed by atoms with Gasteiger partial charge in [0, 0.05) is 5.56 Å². The van der Waals surface area contributed by atoms with Crippen LogP contribution in [-0.4, -0.2) is 17.8 Å². The number of para-hydroxylation sites is 1. The summed E-state index contributed by atoms with van der Waals surface area (Å²) >= 11 is 0. The van der Waals surface area contributed by atoms with E-state index in [1.54, 1.807) is 30.3 Å². The number of imide groups is 1. The number of rotatable bonds is 4. The molecule has 5 nitrogen and oxygen atoms in total. The smallest absolute Gasteiger partial charge is 0.343 e. The molecule has 1 heterocycles. The molecular weight excluding hydrogens is 414 g/mol. The first-order valence-electron chi connectivity index (χ1n) is 11.1. The third-order valence-electron chi connectivity index (χ3n) is 6.98. The summed E-state index contributed by atoms with van der Waals surface area (Å²) < 4.78 is 5.74. The maximum Gasteiger partial charge on any atom is 0.343 e. The first-order chi connectivity index (χ1) is 16.1. The first kappa shape index (κ1) is 19.7. The van der Waals surface area contributed by atoms with Crippen LogP contribution in [0.15, 0.2) is 91.0 Å². The molecule has 0 radical (unpaired) electrons. The Morgan fingerprint density at radius 3 is 2.18 bits per heavy atom. The van der Waals surface area contributed by atoms with E-state index in [1.807, 2.05) is 48.5 Å². The van der Waals surface area contributed by atoms with Crippen molar-refractivity contribution >= 4 is 23.5 Å². The monoisotopic (exact) mass is 435 g/mol. The number of allylic oxidation sites excluding steroid dienone is 2. The van der Waals surface area contributed by atoms with Gasteiger partial charge in [-0.15, -0.1) is 0 Å². The molecule has 0 spiro atoms. The van der Waals surface area contributed by atoms with Gasteiger partial charge in [0.2, 0.25) is 11.8 Å². The van der Waals surface area contributed by atoms with E-state index in [0.29, 0.717) is 11.4 Å². The van der Waals surface area contributed by atoms with Crippen LogP contribution in [0.4, 0.5) is 5.69 Å². The van der Waals surface area contributed by atoms with Crippen molar-refractivity contribution in [1.82, 2.24) is 0 Å². The number of ether oxygens (including phenoxy) is 1. The van der Waals surface area contributed by atoms with Crippen molar-refractivity contribution in [2.75, 3.05) is 4.90 Å². The lowest BCUT2D eigenvalue weighted by Gasteiger charge is -2.18. The van der Waals surface area contributed by atoms with Crippen LogP contribution in [0.25, 0.3) is 11.1 Å². The lowest BCUT2D eigenvalue weighted by atomic mass is 9.85. The Morgan fingerprint density at radius 1 is 0.788 bits per heavy atom. The topological polar surface area (TPSA) is 63.7 Å². The van der Waals surface area contributed by atoms with Crippen LogP contribution in [0.3, 0.4) is 0 Å². The molecule has 3 aromatic carbocycles. The second-order valence-corrected chi connectivity index (χ2v) is 8.81. The largest absolute Gasteiger partial charge is 0.422 e. The maximum absolute atomic E-state index is 13.1. The van der Waals surface area contributed by atoms with E-state index in [0.717, 1.165) is 17.5 Å². The van der Waals surface area contributed by atoms with Crippen molar-refractivity contribution in [3.8, 4) is 16.9 Å². The van der Waals surface area contributed by atoms with Gasteiger partial charge in [0.1, 0.15) is 5.75 Å². The molecule has 162 valence electrons. The summed E-state index contributed by atoms with van der Waals surface area (Å²) in [5.41, 5.74) is 2.46. The summed E-state index contributed by atoms with van der Waals surface area (Å²) in [6.07, 6.45) is 5.02. The van der Waals surface area contributed by atoms with Crippen molar-refractivity contribution in [2.45, 2.75) is 6.42 Å². The summed E-state index contributed by atoms with van der Waals surface area (Å²) in [5, 5.41) is 0. The van der Waals surface area contributed by atoms with E-state index in [2.05, 4.69) is 12.2 Å². The van der Waals surface area contributed by atoms with Crippen LogP contribution in [0.2, 0.25) is 0 Å². The molecule has 6 rings (SSSR count). The van der Waals surface area contributed by atoms with Crippen molar-refractivity contribution in [1.29, 1.82) is 0 Å². The summed E-state index contributed by atoms with van der Waals surface area (Å²) in [6.45, 7) is 0. The quantitative estimate of drug-likeness (QED) is 0.254. The molecule has 2 bridgehead atoms. The number of benzene rings is 3. The van der Waals surface area contributed by atoms with Gasteiger partial charge in [-0.05, 0) is 48.1 Å². The van der Waals surface area contributed by atoms with E-state index < -0.39 is 5.97 Å². The molecule has 3 aliphatic rings. The lowest BCUT2D eigenvalue weighted by molar-refractivity contribution is -0.123. The Balaban J connectivity index is 1.27. The summed E-state index contributed by atoms with van der Waals surface area (Å²) in [6, 6.07) is 23.6. The minimum atomic E-state index is -0.541. The number of carbonyl (C=O) groups excluding carboxylic acids is 3. The Bertz CT molecular complexity index is 1280. The zero-order valence-corrected chi connectivity index (χ0v) is 17.8. The fraction of sp³-hybridized carbons (Fsp3) is 0.179. The van der Waals surface area contributed by atoms with Crippen molar-refractivity contribution in [2.24, 2.45) is 23.7 Å². The molecule has 2 fully saturated rings. The Kier molecular flexibility index (Phi) is 4.50. The molecule has 2 aliphatic carbocycles. The molecule has 0 aromatic heterocycles. The van der Waals surface area contributed by atoms with Crippen LogP contribution in [0.1, 0.15) is 16.8 Å². The Labute approximate surface area is 191 Å². The fourth-order valence-corrected chi connectivity index (χ4v) is 5.50. The summed E-state index contributed by atoms with van der Waals surface area (Å²) in [4.78, 5) is 40.5. The molecule has 4 atom stereocenters. The van der Waals surface area contributed by atoms with Gasteiger partial charge in [-0.1, -0.05) is 66.7 Å². The van der Waals surface area contributed by atoms with Crippen molar-refractivity contribution < 1.29 is 19.1 Å². The third kappa shape index (κ3) is 3.11. The number of hydrogen-bond acceptors (Lipinski definition) is 4. The number of carbonyl (C=O) groups is 3. The van der Waals surface area contributed by atoms with E-state index in [-0.39, 0.29) is 41.0 Å². The van der Waals surface area contributed by atoms with E-state index >= 15 is 0 Å². The van der Waals surface area contributed by atoms with E-state index in [4.69, 9.17) is 4.74 Å². The summed E-state index contributed by atoms with van der Waals surface area (Å²) in [5.74, 6) is -0.690. The van der Waals surface area contributed by atoms with Gasteiger partial charge < -0.3 is 4.74 Å². The van der Waals surface area contributed by atoms with Gasteiger partial charge in [-0.3, -0.25) is 9.59 Å². The lowest BCUT2D eigenvalue weighted by Crippen LogP contribution is -2.33. The highest BCUT2D eigenvalue weighted by molar-refractivity contribution is 6.23. The van der Waals surface area contributed by atoms with Gasteiger partial charge in [-0.25, -0.2) is 9.69 Å². The van der Waals surface area contributed by atoms with E-state index in [9.17, 15) is 14.4 Å².